The number of aromatic nitrogens is 1. The molecule has 0 bridgehead atoms. The number of esters is 2. The van der Waals surface area contributed by atoms with Crippen molar-refractivity contribution in [1.82, 2.24) is 4.57 Å². The lowest BCUT2D eigenvalue weighted by Crippen LogP contribution is -2.20. The van der Waals surface area contributed by atoms with Gasteiger partial charge in [-0.15, -0.1) is 11.6 Å². The highest BCUT2D eigenvalue weighted by Crippen LogP contribution is 2.19. The van der Waals surface area contributed by atoms with Gasteiger partial charge < -0.3 is 14.0 Å². The Labute approximate surface area is 121 Å². The molecule has 0 spiro atoms. The van der Waals surface area contributed by atoms with Gasteiger partial charge in [0, 0.05) is 12.7 Å². The molecular formula is C13H16ClNO5. The quantitative estimate of drug-likeness (QED) is 0.346. The second kappa shape index (κ2) is 7.09. The van der Waals surface area contributed by atoms with Crippen LogP contribution in [0.2, 0.25) is 0 Å². The van der Waals surface area contributed by atoms with Crippen LogP contribution in [0.15, 0.2) is 6.07 Å². The zero-order valence-electron chi connectivity index (χ0n) is 11.6. The fourth-order valence-corrected chi connectivity index (χ4v) is 2.03. The normalized spacial score (nSPS) is 10.2. The maximum Gasteiger partial charge on any atom is 0.381 e. The molecule has 6 nitrogen and oxygen atoms in total. The molecule has 0 saturated carbocycles. The standard InChI is InChI=1S/C13H16ClNO5/c1-4-19-12(17)8-6-9(15(3)10(8)7-14)11(16)13(18)20-5-2/h6H,4-5,7H2,1-3H3. The number of hydrogen-bond donors (Lipinski definition) is 0. The van der Waals surface area contributed by atoms with Gasteiger partial charge in [-0.3, -0.25) is 4.79 Å². The van der Waals surface area contributed by atoms with Gasteiger partial charge in [-0.1, -0.05) is 0 Å². The van der Waals surface area contributed by atoms with E-state index < -0.39 is 17.7 Å². The SMILES string of the molecule is CCOC(=O)C(=O)c1cc(C(=O)OCC)c(CCl)n1C. The van der Waals surface area contributed by atoms with E-state index in [1.807, 2.05) is 0 Å². The van der Waals surface area contributed by atoms with Crippen LogP contribution in [0.4, 0.5) is 0 Å². The molecule has 1 aromatic rings. The highest BCUT2D eigenvalue weighted by Gasteiger charge is 2.26. The maximum atomic E-state index is 11.9. The summed E-state index contributed by atoms with van der Waals surface area (Å²) in [5.41, 5.74) is 0.636. The summed E-state index contributed by atoms with van der Waals surface area (Å²) in [5, 5.41) is 0. The van der Waals surface area contributed by atoms with E-state index in [-0.39, 0.29) is 30.4 Å². The lowest BCUT2D eigenvalue weighted by molar-refractivity contribution is -0.137. The van der Waals surface area contributed by atoms with Gasteiger partial charge in [-0.05, 0) is 19.9 Å². The van der Waals surface area contributed by atoms with E-state index in [1.165, 1.54) is 10.6 Å². The number of hydrogen-bond acceptors (Lipinski definition) is 5. The van der Waals surface area contributed by atoms with Crippen LogP contribution in [-0.2, 0) is 27.2 Å². The Morgan fingerprint density at radius 3 is 2.30 bits per heavy atom. The summed E-state index contributed by atoms with van der Waals surface area (Å²) in [5.74, 6) is -2.36. The Balaban J connectivity index is 3.20. The van der Waals surface area contributed by atoms with Crippen molar-refractivity contribution >= 4 is 29.3 Å². The Bertz CT molecular complexity index is 535. The Hall–Kier alpha value is -1.82. The van der Waals surface area contributed by atoms with E-state index in [2.05, 4.69) is 4.74 Å². The van der Waals surface area contributed by atoms with Crippen molar-refractivity contribution < 1.29 is 23.9 Å². The zero-order chi connectivity index (χ0) is 15.3. The molecule has 110 valence electrons. The summed E-state index contributed by atoms with van der Waals surface area (Å²) in [7, 11) is 1.55. The minimum absolute atomic E-state index is 0.0146. The molecule has 0 aliphatic carbocycles. The van der Waals surface area contributed by atoms with Gasteiger partial charge in [-0.2, -0.15) is 0 Å². The molecule has 0 saturated heterocycles. The number of alkyl halides is 1. The highest BCUT2D eigenvalue weighted by molar-refractivity contribution is 6.40. The fourth-order valence-electron chi connectivity index (χ4n) is 1.71. The molecule has 20 heavy (non-hydrogen) atoms. The second-order valence-electron chi connectivity index (χ2n) is 3.85. The molecule has 0 radical (unpaired) electrons. The van der Waals surface area contributed by atoms with E-state index in [4.69, 9.17) is 16.3 Å². The summed E-state index contributed by atoms with van der Waals surface area (Å²) < 4.78 is 10.9. The third-order valence-electron chi connectivity index (χ3n) is 2.67. The van der Waals surface area contributed by atoms with Crippen LogP contribution in [0.5, 0.6) is 0 Å². The van der Waals surface area contributed by atoms with Gasteiger partial charge in [0.1, 0.15) is 0 Å². The molecule has 1 aromatic heterocycles. The fraction of sp³-hybridized carbons (Fsp3) is 0.462. The Morgan fingerprint density at radius 2 is 1.80 bits per heavy atom. The van der Waals surface area contributed by atoms with Crippen molar-refractivity contribution in [2.45, 2.75) is 19.7 Å². The molecule has 0 N–H and O–H groups in total. The molecule has 0 atom stereocenters. The molecule has 1 heterocycles. The van der Waals surface area contributed by atoms with Crippen LogP contribution < -0.4 is 0 Å². The molecule has 0 amide bonds. The van der Waals surface area contributed by atoms with E-state index >= 15 is 0 Å². The van der Waals surface area contributed by atoms with E-state index in [0.717, 1.165) is 0 Å². The molecule has 0 aliphatic rings. The Kier molecular flexibility index (Phi) is 5.76. The van der Waals surface area contributed by atoms with Gasteiger partial charge in [-0.25, -0.2) is 9.59 Å². The predicted octanol–water partition coefficient (Wildman–Crippen LogP) is 1.69. The average molecular weight is 302 g/mol. The first-order chi connectivity index (χ1) is 9.47. The first kappa shape index (κ1) is 16.2. The minimum Gasteiger partial charge on any atom is -0.462 e. The van der Waals surface area contributed by atoms with Crippen molar-refractivity contribution in [3.05, 3.63) is 23.0 Å². The van der Waals surface area contributed by atoms with Crippen LogP contribution in [0, 0.1) is 0 Å². The average Bonchev–Trinajstić information content (AvgIpc) is 2.75. The minimum atomic E-state index is -0.968. The third-order valence-corrected chi connectivity index (χ3v) is 2.93. The summed E-state index contributed by atoms with van der Waals surface area (Å²) in [4.78, 5) is 35.2. The smallest absolute Gasteiger partial charge is 0.381 e. The largest absolute Gasteiger partial charge is 0.462 e. The first-order valence-corrected chi connectivity index (χ1v) is 6.64. The number of ether oxygens (including phenoxy) is 2. The van der Waals surface area contributed by atoms with Crippen LogP contribution >= 0.6 is 11.6 Å². The number of rotatable bonds is 6. The molecule has 0 fully saturated rings. The number of carbonyl (C=O) groups excluding carboxylic acids is 3. The third kappa shape index (κ3) is 3.19. The number of halogens is 1. The van der Waals surface area contributed by atoms with E-state index in [1.54, 1.807) is 20.9 Å². The van der Waals surface area contributed by atoms with Gasteiger partial charge in [0.15, 0.2) is 0 Å². The second-order valence-corrected chi connectivity index (χ2v) is 4.12. The summed E-state index contributed by atoms with van der Waals surface area (Å²) in [6.07, 6.45) is 0. The van der Waals surface area contributed by atoms with Crippen LogP contribution in [0.1, 0.15) is 40.4 Å². The van der Waals surface area contributed by atoms with Crippen molar-refractivity contribution in [3.8, 4) is 0 Å². The number of ketones is 1. The van der Waals surface area contributed by atoms with Gasteiger partial charge in [0.2, 0.25) is 0 Å². The van der Waals surface area contributed by atoms with Crippen molar-refractivity contribution in [3.63, 3.8) is 0 Å². The lowest BCUT2D eigenvalue weighted by atomic mass is 10.2. The van der Waals surface area contributed by atoms with E-state index in [9.17, 15) is 14.4 Å². The van der Waals surface area contributed by atoms with Crippen LogP contribution in [0.3, 0.4) is 0 Å². The molecule has 7 heteroatoms. The molecule has 0 aromatic carbocycles. The lowest BCUT2D eigenvalue weighted by Gasteiger charge is -2.05. The van der Waals surface area contributed by atoms with Crippen molar-refractivity contribution in [2.24, 2.45) is 7.05 Å². The summed E-state index contributed by atoms with van der Waals surface area (Å²) in [6.45, 7) is 3.58. The van der Waals surface area contributed by atoms with Gasteiger partial charge in [0.25, 0.3) is 5.78 Å². The Morgan fingerprint density at radius 1 is 1.20 bits per heavy atom. The highest BCUT2D eigenvalue weighted by atomic mass is 35.5. The summed E-state index contributed by atoms with van der Waals surface area (Å²) >= 11 is 5.78. The van der Waals surface area contributed by atoms with Crippen LogP contribution in [-0.4, -0.2) is 35.5 Å². The topological polar surface area (TPSA) is 74.6 Å². The van der Waals surface area contributed by atoms with Crippen molar-refractivity contribution in [2.75, 3.05) is 13.2 Å². The number of Topliss-reactive ketones (excluding diaryl/α,β-unsaturated/α-hetero) is 1. The molecular weight excluding hydrogens is 286 g/mol. The van der Waals surface area contributed by atoms with Crippen molar-refractivity contribution in [1.29, 1.82) is 0 Å². The molecule has 1 rings (SSSR count). The zero-order valence-corrected chi connectivity index (χ0v) is 12.3. The number of nitrogens with zero attached hydrogens (tertiary/aromatic N) is 1. The monoisotopic (exact) mass is 301 g/mol. The summed E-state index contributed by atoms with van der Waals surface area (Å²) in [6, 6.07) is 1.30. The van der Waals surface area contributed by atoms with Gasteiger partial charge in [0.05, 0.1) is 30.4 Å². The number of carbonyl (C=O) groups is 3. The van der Waals surface area contributed by atoms with Gasteiger partial charge >= 0.3 is 11.9 Å². The van der Waals surface area contributed by atoms with Crippen LogP contribution in [0.25, 0.3) is 0 Å². The van der Waals surface area contributed by atoms with E-state index in [0.29, 0.717) is 5.69 Å². The maximum absolute atomic E-state index is 11.9. The molecule has 0 unspecified atom stereocenters. The molecule has 0 aliphatic heterocycles. The predicted molar refractivity (Wildman–Crippen MR) is 71.9 cm³/mol. The first-order valence-electron chi connectivity index (χ1n) is 6.10.